The van der Waals surface area contributed by atoms with Gasteiger partial charge in [-0.25, -0.2) is 14.2 Å². The van der Waals surface area contributed by atoms with Gasteiger partial charge in [0.05, 0.1) is 30.1 Å². The highest BCUT2D eigenvalue weighted by Gasteiger charge is 2.23. The van der Waals surface area contributed by atoms with Crippen molar-refractivity contribution >= 4 is 29.0 Å². The molecule has 0 spiro atoms. The number of aryl methyl sites for hydroxylation is 1. The Balaban J connectivity index is 1.65. The molecule has 0 unspecified atom stereocenters. The summed E-state index contributed by atoms with van der Waals surface area (Å²) in [4.78, 5) is 18.8. The first-order chi connectivity index (χ1) is 14.5. The van der Waals surface area contributed by atoms with Gasteiger partial charge < -0.3 is 10.1 Å². The Morgan fingerprint density at radius 1 is 1.30 bits per heavy atom. The van der Waals surface area contributed by atoms with E-state index in [1.165, 1.54) is 30.9 Å². The molecular formula is C21H21ClFN5O2. The lowest BCUT2D eigenvalue weighted by molar-refractivity contribution is 0.256. The smallest absolute Gasteiger partial charge is 0.326 e. The number of nitrogens with one attached hydrogen (secondary N) is 2. The number of anilines is 2. The number of halogens is 2. The van der Waals surface area contributed by atoms with Crippen LogP contribution in [-0.4, -0.2) is 28.3 Å². The molecule has 1 aromatic carbocycles. The van der Waals surface area contributed by atoms with Gasteiger partial charge in [-0.1, -0.05) is 11.6 Å². The molecular weight excluding hydrogens is 409 g/mol. The second kappa shape index (κ2) is 8.71. The first kappa shape index (κ1) is 20.2. The predicted octanol–water partition coefficient (Wildman–Crippen LogP) is 4.72. The van der Waals surface area contributed by atoms with Crippen molar-refractivity contribution in [2.24, 2.45) is 0 Å². The number of ether oxygens (including phenoxy) is 1. The second-order valence-corrected chi connectivity index (χ2v) is 7.44. The first-order valence-electron chi connectivity index (χ1n) is 9.63. The van der Waals surface area contributed by atoms with E-state index in [1.54, 1.807) is 23.2 Å². The summed E-state index contributed by atoms with van der Waals surface area (Å²) in [6, 6.07) is 7.03. The lowest BCUT2D eigenvalue weighted by atomic mass is 9.96. The molecule has 2 aromatic heterocycles. The minimum absolute atomic E-state index is 0.0636. The third kappa shape index (κ3) is 4.23. The van der Waals surface area contributed by atoms with Crippen LogP contribution in [0.25, 0.3) is 0 Å². The summed E-state index contributed by atoms with van der Waals surface area (Å²) in [6.07, 6.45) is 5.70. The molecule has 1 aliphatic carbocycles. The van der Waals surface area contributed by atoms with Crippen LogP contribution in [0.4, 0.5) is 20.6 Å². The number of carbonyl (C=O) groups is 1. The third-order valence-electron chi connectivity index (χ3n) is 5.11. The summed E-state index contributed by atoms with van der Waals surface area (Å²) in [5.74, 6) is -0.160. The fourth-order valence-electron chi connectivity index (χ4n) is 3.55. The van der Waals surface area contributed by atoms with Gasteiger partial charge in [-0.2, -0.15) is 5.10 Å². The summed E-state index contributed by atoms with van der Waals surface area (Å²) in [7, 11) is 1.52. The van der Waals surface area contributed by atoms with Crippen molar-refractivity contribution in [2.45, 2.75) is 32.2 Å². The quantitative estimate of drug-likeness (QED) is 0.614. The van der Waals surface area contributed by atoms with Crippen LogP contribution in [0.5, 0.6) is 5.88 Å². The molecule has 7 nitrogen and oxygen atoms in total. The van der Waals surface area contributed by atoms with Gasteiger partial charge in [0.25, 0.3) is 0 Å². The molecule has 9 heteroatoms. The Morgan fingerprint density at radius 3 is 2.93 bits per heavy atom. The highest BCUT2D eigenvalue weighted by atomic mass is 35.5. The van der Waals surface area contributed by atoms with Crippen LogP contribution in [0, 0.1) is 5.82 Å². The van der Waals surface area contributed by atoms with E-state index >= 15 is 0 Å². The van der Waals surface area contributed by atoms with Crippen molar-refractivity contribution < 1.29 is 13.9 Å². The van der Waals surface area contributed by atoms with Gasteiger partial charge in [0.2, 0.25) is 5.88 Å². The predicted molar refractivity (Wildman–Crippen MR) is 113 cm³/mol. The number of aromatic nitrogens is 3. The number of pyridine rings is 1. The number of rotatable bonds is 5. The Labute approximate surface area is 178 Å². The van der Waals surface area contributed by atoms with Crippen LogP contribution in [0.2, 0.25) is 5.02 Å². The van der Waals surface area contributed by atoms with Crippen LogP contribution in [0.15, 0.2) is 36.5 Å². The number of fused-ring (bicyclic) bond motifs is 1. The Morgan fingerprint density at radius 2 is 2.13 bits per heavy atom. The number of methoxy groups -OCH3 is 1. The Kier molecular flexibility index (Phi) is 5.85. The molecule has 4 rings (SSSR count). The van der Waals surface area contributed by atoms with Gasteiger partial charge >= 0.3 is 6.03 Å². The van der Waals surface area contributed by atoms with E-state index in [0.29, 0.717) is 17.3 Å². The number of aromatic amines is 1. The molecule has 156 valence electrons. The van der Waals surface area contributed by atoms with Crippen LogP contribution in [-0.2, 0) is 19.4 Å². The van der Waals surface area contributed by atoms with Crippen LogP contribution < -0.4 is 15.0 Å². The number of H-pyrrole nitrogens is 1. The van der Waals surface area contributed by atoms with Gasteiger partial charge in [-0.3, -0.25) is 10.00 Å². The topological polar surface area (TPSA) is 83.1 Å². The lowest BCUT2D eigenvalue weighted by Crippen LogP contribution is -2.35. The maximum atomic E-state index is 13.5. The SMILES string of the molecule is COc1cc(N(Cc2n[nH]c3c2CCCC3)C(=O)Nc2ccc(F)c(Cl)c2)ccn1. The summed E-state index contributed by atoms with van der Waals surface area (Å²) < 4.78 is 18.7. The zero-order chi connectivity index (χ0) is 21.1. The largest absolute Gasteiger partial charge is 0.481 e. The first-order valence-corrected chi connectivity index (χ1v) is 10.0. The van der Waals surface area contributed by atoms with E-state index in [-0.39, 0.29) is 11.6 Å². The molecule has 0 bridgehead atoms. The molecule has 30 heavy (non-hydrogen) atoms. The summed E-state index contributed by atoms with van der Waals surface area (Å²) >= 11 is 5.85. The minimum Gasteiger partial charge on any atom is -0.481 e. The van der Waals surface area contributed by atoms with Gasteiger partial charge in [0, 0.05) is 23.6 Å². The number of urea groups is 1. The monoisotopic (exact) mass is 429 g/mol. The van der Waals surface area contributed by atoms with Gasteiger partial charge in [0.15, 0.2) is 0 Å². The average Bonchev–Trinajstić information content (AvgIpc) is 3.17. The molecule has 2 amide bonds. The molecule has 1 aliphatic rings. The molecule has 2 heterocycles. The fourth-order valence-corrected chi connectivity index (χ4v) is 3.73. The standard InChI is InChI=1S/C21H21ClFN5O2/c1-30-20-11-14(8-9-24-20)28(12-19-15-4-2-3-5-18(15)26-27-19)21(29)25-13-6-7-17(23)16(22)10-13/h6-11H,2-5,12H2,1H3,(H,25,29)(H,26,27). The molecule has 0 atom stereocenters. The van der Waals surface area contributed by atoms with Gasteiger partial charge in [0.1, 0.15) is 5.82 Å². The number of hydrogen-bond acceptors (Lipinski definition) is 4. The summed E-state index contributed by atoms with van der Waals surface area (Å²) in [5, 5.41) is 10.3. The summed E-state index contributed by atoms with van der Waals surface area (Å²) in [5.41, 5.74) is 4.12. The van der Waals surface area contributed by atoms with Crippen LogP contribution >= 0.6 is 11.6 Å². The molecule has 0 aliphatic heterocycles. The fraction of sp³-hybridized carbons (Fsp3) is 0.286. The number of carbonyl (C=O) groups excluding carboxylic acids is 1. The number of benzene rings is 1. The van der Waals surface area contributed by atoms with E-state index in [4.69, 9.17) is 16.3 Å². The third-order valence-corrected chi connectivity index (χ3v) is 5.39. The van der Waals surface area contributed by atoms with E-state index in [9.17, 15) is 9.18 Å². The summed E-state index contributed by atoms with van der Waals surface area (Å²) in [6.45, 7) is 0.264. The van der Waals surface area contributed by atoms with Crippen LogP contribution in [0.3, 0.4) is 0 Å². The lowest BCUT2D eigenvalue weighted by Gasteiger charge is -2.24. The highest BCUT2D eigenvalue weighted by molar-refractivity contribution is 6.31. The highest BCUT2D eigenvalue weighted by Crippen LogP contribution is 2.27. The van der Waals surface area contributed by atoms with E-state index in [1.807, 2.05) is 0 Å². The normalized spacial score (nSPS) is 12.9. The maximum absolute atomic E-state index is 13.5. The zero-order valence-corrected chi connectivity index (χ0v) is 17.2. The van der Waals surface area contributed by atoms with Crippen molar-refractivity contribution in [1.82, 2.24) is 15.2 Å². The minimum atomic E-state index is -0.548. The zero-order valence-electron chi connectivity index (χ0n) is 16.4. The molecule has 0 radical (unpaired) electrons. The van der Waals surface area contributed by atoms with Crippen molar-refractivity contribution in [3.8, 4) is 5.88 Å². The molecule has 3 aromatic rings. The van der Waals surface area contributed by atoms with E-state index in [2.05, 4.69) is 20.5 Å². The molecule has 0 saturated heterocycles. The van der Waals surface area contributed by atoms with Gasteiger partial charge in [-0.05, 0) is 55.5 Å². The molecule has 2 N–H and O–H groups in total. The Hall–Kier alpha value is -3.13. The van der Waals surface area contributed by atoms with E-state index in [0.717, 1.165) is 37.1 Å². The Bertz CT molecular complexity index is 1070. The van der Waals surface area contributed by atoms with Crippen molar-refractivity contribution in [3.05, 3.63) is 64.3 Å². The van der Waals surface area contributed by atoms with E-state index < -0.39 is 11.8 Å². The van der Waals surface area contributed by atoms with Crippen molar-refractivity contribution in [2.75, 3.05) is 17.3 Å². The number of hydrogen-bond donors (Lipinski definition) is 2. The number of nitrogens with zero attached hydrogens (tertiary/aromatic N) is 3. The molecule has 0 saturated carbocycles. The van der Waals surface area contributed by atoms with Crippen molar-refractivity contribution in [3.63, 3.8) is 0 Å². The molecule has 0 fully saturated rings. The van der Waals surface area contributed by atoms with Crippen molar-refractivity contribution in [1.29, 1.82) is 0 Å². The average molecular weight is 430 g/mol. The maximum Gasteiger partial charge on any atom is 0.326 e. The van der Waals surface area contributed by atoms with Crippen LogP contribution in [0.1, 0.15) is 29.8 Å². The van der Waals surface area contributed by atoms with Gasteiger partial charge in [-0.15, -0.1) is 0 Å². The second-order valence-electron chi connectivity index (χ2n) is 7.04. The number of amides is 2.